The highest BCUT2D eigenvalue weighted by Gasteiger charge is 2.12. The summed E-state index contributed by atoms with van der Waals surface area (Å²) in [5, 5.41) is 1.24. The average Bonchev–Trinajstić information content (AvgIpc) is 2.57. The Bertz CT molecular complexity index is 835. The highest BCUT2D eigenvalue weighted by atomic mass is 31.0. The molecule has 1 unspecified atom stereocenters. The number of benzene rings is 3. The fourth-order valence-electron chi connectivity index (χ4n) is 2.96. The second kappa shape index (κ2) is 6.56. The van der Waals surface area contributed by atoms with E-state index in [-0.39, 0.29) is 0 Å². The maximum atomic E-state index is 5.26. The van der Waals surface area contributed by atoms with Crippen molar-refractivity contribution in [1.82, 2.24) is 0 Å². The van der Waals surface area contributed by atoms with Crippen LogP contribution in [0, 0.1) is 13.8 Å². The minimum absolute atomic E-state index is 0.880. The Morgan fingerprint density at radius 1 is 0.739 bits per heavy atom. The van der Waals surface area contributed by atoms with E-state index in [1.165, 1.54) is 38.7 Å². The Balaban J connectivity index is 2.17. The monoisotopic (exact) mass is 320 g/mol. The molecule has 0 fully saturated rings. The summed E-state index contributed by atoms with van der Waals surface area (Å²) in [7, 11) is 4.63. The molecule has 0 aromatic heterocycles. The van der Waals surface area contributed by atoms with Crippen molar-refractivity contribution in [2.75, 3.05) is 7.11 Å². The molecule has 0 aliphatic rings. The molecule has 0 N–H and O–H groups in total. The third kappa shape index (κ3) is 3.02. The van der Waals surface area contributed by atoms with Crippen LogP contribution in [0.1, 0.15) is 11.1 Å². The summed E-state index contributed by atoms with van der Waals surface area (Å²) < 4.78 is 5.26. The van der Waals surface area contributed by atoms with Gasteiger partial charge in [0.1, 0.15) is 5.75 Å². The Morgan fingerprint density at radius 3 is 2.09 bits per heavy atom. The smallest absolute Gasteiger partial charge is 0.118 e. The molecule has 0 aliphatic carbocycles. The molecule has 3 aromatic rings. The molecule has 0 saturated carbocycles. The predicted molar refractivity (Wildman–Crippen MR) is 103 cm³/mol. The first-order valence-electron chi connectivity index (χ1n) is 7.71. The molecule has 2 heteroatoms. The summed E-state index contributed by atoms with van der Waals surface area (Å²) in [5.74, 6) is 0.880. The number of hydrogen-bond donors (Lipinski definition) is 0. The first-order valence-corrected chi connectivity index (χ1v) is 8.29. The maximum Gasteiger partial charge on any atom is 0.118 e. The lowest BCUT2D eigenvalue weighted by atomic mass is 9.92. The molecule has 0 heterocycles. The van der Waals surface area contributed by atoms with Crippen molar-refractivity contribution in [1.29, 1.82) is 0 Å². The number of ether oxygens (including phenoxy) is 1. The van der Waals surface area contributed by atoms with Crippen LogP contribution in [-0.2, 0) is 0 Å². The highest BCUT2D eigenvalue weighted by Crippen LogP contribution is 2.31. The van der Waals surface area contributed by atoms with Gasteiger partial charge in [-0.25, -0.2) is 0 Å². The van der Waals surface area contributed by atoms with E-state index in [1.54, 1.807) is 7.11 Å². The van der Waals surface area contributed by atoms with E-state index in [2.05, 4.69) is 71.6 Å². The van der Waals surface area contributed by atoms with Crippen molar-refractivity contribution in [2.24, 2.45) is 0 Å². The lowest BCUT2D eigenvalue weighted by molar-refractivity contribution is 0.415. The van der Waals surface area contributed by atoms with Crippen LogP contribution in [0.2, 0.25) is 0 Å². The number of aryl methyl sites for hydroxylation is 2. The van der Waals surface area contributed by atoms with Gasteiger partial charge in [0.2, 0.25) is 0 Å². The predicted octanol–water partition coefficient (Wildman–Crippen LogP) is 5.15. The quantitative estimate of drug-likeness (QED) is 0.607. The topological polar surface area (TPSA) is 9.23 Å². The van der Waals surface area contributed by atoms with Gasteiger partial charge in [-0.2, -0.15) is 0 Å². The molecule has 3 rings (SSSR count). The van der Waals surface area contributed by atoms with Crippen molar-refractivity contribution >= 4 is 14.5 Å². The summed E-state index contributed by atoms with van der Waals surface area (Å²) in [5.41, 5.74) is 7.63. The van der Waals surface area contributed by atoms with Gasteiger partial charge in [0.15, 0.2) is 0 Å². The summed E-state index contributed by atoms with van der Waals surface area (Å²) in [6, 6.07) is 21.2. The van der Waals surface area contributed by atoms with Crippen LogP contribution in [0.3, 0.4) is 0 Å². The molecule has 0 aliphatic heterocycles. The molecule has 0 saturated heterocycles. The van der Waals surface area contributed by atoms with Gasteiger partial charge in [0.25, 0.3) is 0 Å². The van der Waals surface area contributed by atoms with Gasteiger partial charge in [-0.05, 0) is 64.7 Å². The zero-order chi connectivity index (χ0) is 16.4. The minimum Gasteiger partial charge on any atom is -0.497 e. The van der Waals surface area contributed by atoms with Crippen LogP contribution in [-0.4, -0.2) is 7.11 Å². The third-order valence-corrected chi connectivity index (χ3v) is 4.87. The zero-order valence-electron chi connectivity index (χ0n) is 13.8. The van der Waals surface area contributed by atoms with E-state index in [4.69, 9.17) is 4.74 Å². The zero-order valence-corrected chi connectivity index (χ0v) is 14.9. The molecule has 0 spiro atoms. The summed E-state index contributed by atoms with van der Waals surface area (Å²) in [6.07, 6.45) is 0. The fraction of sp³-hybridized carbons (Fsp3) is 0.143. The molecular formula is C21H21OP. The van der Waals surface area contributed by atoms with E-state index in [9.17, 15) is 0 Å². The van der Waals surface area contributed by atoms with Crippen molar-refractivity contribution in [3.8, 4) is 28.0 Å². The Morgan fingerprint density at radius 2 is 1.43 bits per heavy atom. The van der Waals surface area contributed by atoms with Crippen LogP contribution in [0.15, 0.2) is 60.7 Å². The van der Waals surface area contributed by atoms with Crippen molar-refractivity contribution in [3.63, 3.8) is 0 Å². The molecule has 23 heavy (non-hydrogen) atoms. The Kier molecular flexibility index (Phi) is 4.50. The first kappa shape index (κ1) is 15.8. The molecule has 1 atom stereocenters. The maximum absolute atomic E-state index is 5.26. The molecule has 3 aromatic carbocycles. The molecule has 0 bridgehead atoms. The largest absolute Gasteiger partial charge is 0.497 e. The van der Waals surface area contributed by atoms with Crippen LogP contribution in [0.4, 0.5) is 0 Å². The second-order valence-corrected chi connectivity index (χ2v) is 6.34. The van der Waals surface area contributed by atoms with Gasteiger partial charge in [-0.3, -0.25) is 0 Å². The Hall–Kier alpha value is -2.11. The minimum atomic E-state index is 0.880. The van der Waals surface area contributed by atoms with Gasteiger partial charge >= 0.3 is 0 Å². The Labute approximate surface area is 140 Å². The molecule has 0 radical (unpaired) electrons. The molecule has 1 nitrogen and oxygen atoms in total. The van der Waals surface area contributed by atoms with E-state index in [1.807, 2.05) is 12.1 Å². The summed E-state index contributed by atoms with van der Waals surface area (Å²) in [6.45, 7) is 4.34. The third-order valence-electron chi connectivity index (χ3n) is 4.27. The molecular weight excluding hydrogens is 299 g/mol. The standard InChI is InChI=1S/C21H21OP/c1-14-6-4-5-7-18(14)20-15(2)8-13-19(21(20)23)16-9-11-17(22-3)12-10-16/h4-13H,23H2,1-3H3. The highest BCUT2D eigenvalue weighted by molar-refractivity contribution is 7.28. The van der Waals surface area contributed by atoms with Gasteiger partial charge in [-0.15, -0.1) is 9.24 Å². The van der Waals surface area contributed by atoms with Gasteiger partial charge in [0.05, 0.1) is 7.11 Å². The van der Waals surface area contributed by atoms with E-state index < -0.39 is 0 Å². The lowest BCUT2D eigenvalue weighted by Gasteiger charge is -2.16. The normalized spacial score (nSPS) is 10.6. The SMILES string of the molecule is COc1ccc(-c2ccc(C)c(-c3ccccc3C)c2P)cc1. The van der Waals surface area contributed by atoms with E-state index in [0.29, 0.717) is 0 Å². The molecule has 116 valence electrons. The fourth-order valence-corrected chi connectivity index (χ4v) is 3.61. The van der Waals surface area contributed by atoms with Gasteiger partial charge in [-0.1, -0.05) is 48.5 Å². The van der Waals surface area contributed by atoms with Crippen molar-refractivity contribution in [2.45, 2.75) is 13.8 Å². The van der Waals surface area contributed by atoms with Crippen molar-refractivity contribution in [3.05, 3.63) is 71.8 Å². The van der Waals surface area contributed by atoms with Crippen LogP contribution < -0.4 is 10.0 Å². The molecule has 0 amide bonds. The van der Waals surface area contributed by atoms with Gasteiger partial charge in [0, 0.05) is 0 Å². The lowest BCUT2D eigenvalue weighted by Crippen LogP contribution is -2.05. The summed E-state index contributed by atoms with van der Waals surface area (Å²) in [4.78, 5) is 0. The van der Waals surface area contributed by atoms with Crippen LogP contribution in [0.25, 0.3) is 22.3 Å². The number of rotatable bonds is 3. The summed E-state index contributed by atoms with van der Waals surface area (Å²) >= 11 is 0. The van der Waals surface area contributed by atoms with Crippen LogP contribution >= 0.6 is 9.24 Å². The van der Waals surface area contributed by atoms with E-state index >= 15 is 0 Å². The number of hydrogen-bond acceptors (Lipinski definition) is 1. The van der Waals surface area contributed by atoms with Gasteiger partial charge < -0.3 is 4.74 Å². The van der Waals surface area contributed by atoms with Crippen molar-refractivity contribution < 1.29 is 4.74 Å². The number of methoxy groups -OCH3 is 1. The second-order valence-electron chi connectivity index (χ2n) is 5.76. The van der Waals surface area contributed by atoms with Crippen LogP contribution in [0.5, 0.6) is 5.75 Å². The first-order chi connectivity index (χ1) is 11.1. The average molecular weight is 320 g/mol. The van der Waals surface area contributed by atoms with E-state index in [0.717, 1.165) is 5.75 Å².